The molecular formula is C12H12N2O2. The van der Waals surface area contributed by atoms with E-state index in [1.807, 2.05) is 24.3 Å². The molecule has 1 heterocycles. The number of nitro groups is 1. The summed E-state index contributed by atoms with van der Waals surface area (Å²) < 4.78 is 0. The first kappa shape index (κ1) is 10.4. The van der Waals surface area contributed by atoms with Crippen molar-refractivity contribution in [2.24, 2.45) is 0 Å². The van der Waals surface area contributed by atoms with Gasteiger partial charge in [-0.3, -0.25) is 10.1 Å². The Bertz CT molecular complexity index is 555. The van der Waals surface area contributed by atoms with Gasteiger partial charge in [-0.2, -0.15) is 0 Å². The zero-order valence-corrected chi connectivity index (χ0v) is 8.93. The highest BCUT2D eigenvalue weighted by atomic mass is 16.6. The molecular weight excluding hydrogens is 204 g/mol. The van der Waals surface area contributed by atoms with Crippen LogP contribution in [0.4, 0.5) is 0 Å². The number of benzene rings is 1. The molecule has 0 aliphatic rings. The number of hydrogen-bond acceptors (Lipinski definition) is 2. The number of hydrogen-bond donors (Lipinski definition) is 1. The Morgan fingerprint density at radius 1 is 1.50 bits per heavy atom. The topological polar surface area (TPSA) is 58.9 Å². The van der Waals surface area contributed by atoms with Gasteiger partial charge in [-0.1, -0.05) is 25.1 Å². The Morgan fingerprint density at radius 3 is 2.94 bits per heavy atom. The van der Waals surface area contributed by atoms with Crippen molar-refractivity contribution in [2.45, 2.75) is 13.3 Å². The number of allylic oxidation sites excluding steroid dienone is 1. The standard InChI is InChI=1S/C12H12N2O2/c1-2-10(14(15)16)7-9-8-13-12-6-4-3-5-11(9)12/h3-8,13H,2H2,1H3/b10-7-. The maximum atomic E-state index is 10.7. The van der Waals surface area contributed by atoms with Gasteiger partial charge < -0.3 is 4.98 Å². The number of aromatic amines is 1. The Hall–Kier alpha value is -2.10. The van der Waals surface area contributed by atoms with Gasteiger partial charge in [0.1, 0.15) is 0 Å². The number of nitrogens with zero attached hydrogens (tertiary/aromatic N) is 1. The van der Waals surface area contributed by atoms with Crippen LogP contribution in [0.1, 0.15) is 18.9 Å². The molecule has 2 aromatic rings. The second-order valence-corrected chi connectivity index (χ2v) is 3.54. The number of para-hydroxylation sites is 1. The SMILES string of the molecule is CC/C(=C/c1c[nH]c2ccccc12)[N+](=O)[O-]. The van der Waals surface area contributed by atoms with Gasteiger partial charge in [0.2, 0.25) is 5.70 Å². The maximum absolute atomic E-state index is 10.7. The van der Waals surface area contributed by atoms with Crippen LogP contribution in [0.15, 0.2) is 36.2 Å². The Balaban J connectivity index is 2.52. The number of nitrogens with one attached hydrogen (secondary N) is 1. The molecule has 0 radical (unpaired) electrons. The second kappa shape index (κ2) is 4.18. The van der Waals surface area contributed by atoms with Gasteiger partial charge in [-0.25, -0.2) is 0 Å². The van der Waals surface area contributed by atoms with Gasteiger partial charge >= 0.3 is 0 Å². The van der Waals surface area contributed by atoms with E-state index in [-0.39, 0.29) is 10.6 Å². The van der Waals surface area contributed by atoms with E-state index in [2.05, 4.69) is 4.98 Å². The summed E-state index contributed by atoms with van der Waals surface area (Å²) in [5.41, 5.74) is 2.08. The maximum Gasteiger partial charge on any atom is 0.246 e. The zero-order valence-electron chi connectivity index (χ0n) is 8.93. The first-order valence-corrected chi connectivity index (χ1v) is 5.13. The fraction of sp³-hybridized carbons (Fsp3) is 0.167. The summed E-state index contributed by atoms with van der Waals surface area (Å²) in [6, 6.07) is 7.75. The predicted molar refractivity (Wildman–Crippen MR) is 63.6 cm³/mol. The minimum absolute atomic E-state index is 0.227. The molecule has 0 spiro atoms. The van der Waals surface area contributed by atoms with Crippen molar-refractivity contribution in [1.82, 2.24) is 4.98 Å². The van der Waals surface area contributed by atoms with E-state index in [4.69, 9.17) is 0 Å². The predicted octanol–water partition coefficient (Wildman–Crippen LogP) is 3.20. The van der Waals surface area contributed by atoms with E-state index < -0.39 is 0 Å². The van der Waals surface area contributed by atoms with E-state index >= 15 is 0 Å². The van der Waals surface area contributed by atoms with E-state index in [0.29, 0.717) is 6.42 Å². The van der Waals surface area contributed by atoms with E-state index in [1.165, 1.54) is 0 Å². The zero-order chi connectivity index (χ0) is 11.5. The second-order valence-electron chi connectivity index (χ2n) is 3.54. The van der Waals surface area contributed by atoms with Crippen LogP contribution in [0.5, 0.6) is 0 Å². The quantitative estimate of drug-likeness (QED) is 0.632. The van der Waals surface area contributed by atoms with E-state index in [0.717, 1.165) is 16.5 Å². The molecule has 0 aliphatic heterocycles. The van der Waals surface area contributed by atoms with Crippen LogP contribution in [0.25, 0.3) is 17.0 Å². The third-order valence-corrected chi connectivity index (χ3v) is 2.54. The van der Waals surface area contributed by atoms with Crippen LogP contribution in [-0.4, -0.2) is 9.91 Å². The molecule has 4 heteroatoms. The van der Waals surface area contributed by atoms with Gasteiger partial charge in [-0.15, -0.1) is 0 Å². The van der Waals surface area contributed by atoms with Crippen molar-refractivity contribution in [3.8, 4) is 0 Å². The molecule has 82 valence electrons. The van der Waals surface area contributed by atoms with Gasteiger partial charge in [0.05, 0.1) is 4.92 Å². The van der Waals surface area contributed by atoms with Crippen molar-refractivity contribution < 1.29 is 4.92 Å². The lowest BCUT2D eigenvalue weighted by molar-refractivity contribution is -0.425. The number of fused-ring (bicyclic) bond motifs is 1. The molecule has 4 nitrogen and oxygen atoms in total. The van der Waals surface area contributed by atoms with Crippen LogP contribution < -0.4 is 0 Å². The van der Waals surface area contributed by atoms with Crippen molar-refractivity contribution >= 4 is 17.0 Å². The lowest BCUT2D eigenvalue weighted by Gasteiger charge is -1.94. The summed E-state index contributed by atoms with van der Waals surface area (Å²) in [7, 11) is 0. The van der Waals surface area contributed by atoms with E-state index in [9.17, 15) is 10.1 Å². The molecule has 0 atom stereocenters. The molecule has 2 rings (SSSR count). The fourth-order valence-electron chi connectivity index (χ4n) is 1.68. The average molecular weight is 216 g/mol. The largest absolute Gasteiger partial charge is 0.361 e. The minimum atomic E-state index is -0.332. The van der Waals surface area contributed by atoms with Crippen molar-refractivity contribution in [1.29, 1.82) is 0 Å². The highest BCUT2D eigenvalue weighted by molar-refractivity contribution is 5.88. The summed E-state index contributed by atoms with van der Waals surface area (Å²) >= 11 is 0. The summed E-state index contributed by atoms with van der Waals surface area (Å²) in [4.78, 5) is 13.5. The smallest absolute Gasteiger partial charge is 0.246 e. The molecule has 0 unspecified atom stereocenters. The van der Waals surface area contributed by atoms with Crippen molar-refractivity contribution in [3.63, 3.8) is 0 Å². The molecule has 1 aromatic heterocycles. The highest BCUT2D eigenvalue weighted by Crippen LogP contribution is 2.21. The molecule has 0 saturated carbocycles. The minimum Gasteiger partial charge on any atom is -0.361 e. The molecule has 1 aromatic carbocycles. The Labute approximate surface area is 92.7 Å². The van der Waals surface area contributed by atoms with Gasteiger partial charge in [0, 0.05) is 35.2 Å². The van der Waals surface area contributed by atoms with Crippen LogP contribution in [0, 0.1) is 10.1 Å². The first-order chi connectivity index (χ1) is 7.72. The molecule has 0 amide bonds. The normalized spacial score (nSPS) is 11.9. The average Bonchev–Trinajstić information content (AvgIpc) is 2.69. The lowest BCUT2D eigenvalue weighted by atomic mass is 10.1. The monoisotopic (exact) mass is 216 g/mol. The van der Waals surface area contributed by atoms with Gasteiger partial charge in [0.25, 0.3) is 0 Å². The number of rotatable bonds is 3. The first-order valence-electron chi connectivity index (χ1n) is 5.13. The van der Waals surface area contributed by atoms with Crippen molar-refractivity contribution in [3.05, 3.63) is 51.8 Å². The third kappa shape index (κ3) is 1.82. The number of H-pyrrole nitrogens is 1. The molecule has 0 bridgehead atoms. The molecule has 0 fully saturated rings. The number of aromatic nitrogens is 1. The Kier molecular flexibility index (Phi) is 2.72. The Morgan fingerprint density at radius 2 is 2.25 bits per heavy atom. The highest BCUT2D eigenvalue weighted by Gasteiger charge is 2.09. The molecule has 1 N–H and O–H groups in total. The molecule has 0 aliphatic carbocycles. The van der Waals surface area contributed by atoms with Crippen LogP contribution in [0.2, 0.25) is 0 Å². The summed E-state index contributed by atoms with van der Waals surface area (Å²) in [6.45, 7) is 1.78. The van der Waals surface area contributed by atoms with Gasteiger partial charge in [-0.05, 0) is 6.07 Å². The van der Waals surface area contributed by atoms with Crippen molar-refractivity contribution in [2.75, 3.05) is 0 Å². The lowest BCUT2D eigenvalue weighted by Crippen LogP contribution is -1.96. The molecule has 0 saturated heterocycles. The summed E-state index contributed by atoms with van der Waals surface area (Å²) in [6.07, 6.45) is 3.84. The third-order valence-electron chi connectivity index (χ3n) is 2.54. The fourth-order valence-corrected chi connectivity index (χ4v) is 1.68. The van der Waals surface area contributed by atoms with Gasteiger partial charge in [0.15, 0.2) is 0 Å². The summed E-state index contributed by atoms with van der Waals surface area (Å²) in [5, 5.41) is 11.7. The van der Waals surface area contributed by atoms with Crippen LogP contribution >= 0.6 is 0 Å². The molecule has 16 heavy (non-hydrogen) atoms. The van der Waals surface area contributed by atoms with Crippen LogP contribution in [-0.2, 0) is 0 Å². The summed E-state index contributed by atoms with van der Waals surface area (Å²) in [5.74, 6) is 0. The van der Waals surface area contributed by atoms with Crippen LogP contribution in [0.3, 0.4) is 0 Å². The van der Waals surface area contributed by atoms with E-state index in [1.54, 1.807) is 19.2 Å².